The summed E-state index contributed by atoms with van der Waals surface area (Å²) in [5, 5.41) is 3.12. The highest BCUT2D eigenvalue weighted by Crippen LogP contribution is 1.93. The summed E-state index contributed by atoms with van der Waals surface area (Å²) < 4.78 is 2.08. The van der Waals surface area contributed by atoms with E-state index in [1.165, 1.54) is 0 Å². The van der Waals surface area contributed by atoms with E-state index < -0.39 is 0 Å². The number of nitrogens with one attached hydrogen (secondary N) is 2. The van der Waals surface area contributed by atoms with E-state index in [1.807, 2.05) is 12.5 Å². The first kappa shape index (κ1) is 10.6. The molecule has 1 heterocycles. The minimum Gasteiger partial charge on any atom is -0.390 e. The van der Waals surface area contributed by atoms with Crippen LogP contribution in [0.2, 0.25) is 0 Å². The summed E-state index contributed by atoms with van der Waals surface area (Å²) >= 11 is 0. The van der Waals surface area contributed by atoms with Gasteiger partial charge in [0.25, 0.3) is 0 Å². The monoisotopic (exact) mass is 195 g/mol. The lowest BCUT2D eigenvalue weighted by atomic mass is 10.3. The Morgan fingerprint density at radius 3 is 3.00 bits per heavy atom. The summed E-state index contributed by atoms with van der Waals surface area (Å²) in [6, 6.07) is 0. The molecule has 0 fully saturated rings. The predicted molar refractivity (Wildman–Crippen MR) is 55.9 cm³/mol. The summed E-state index contributed by atoms with van der Waals surface area (Å²) in [5.41, 5.74) is 2.43. The molecular weight excluding hydrogens is 178 g/mol. The Kier molecular flexibility index (Phi) is 5.27. The number of aryl methyl sites for hydroxylation is 1. The molecule has 0 saturated carbocycles. The summed E-state index contributed by atoms with van der Waals surface area (Å²) in [6.07, 6.45) is 11.4. The van der Waals surface area contributed by atoms with Crippen molar-refractivity contribution in [2.75, 3.05) is 6.54 Å². The van der Waals surface area contributed by atoms with Gasteiger partial charge in [-0.3, -0.25) is 5.84 Å². The van der Waals surface area contributed by atoms with E-state index >= 15 is 0 Å². The quantitative estimate of drug-likeness (QED) is 0.330. The maximum absolute atomic E-state index is 5.05. The Labute approximate surface area is 84.0 Å². The van der Waals surface area contributed by atoms with Crippen LogP contribution in [0.5, 0.6) is 0 Å². The van der Waals surface area contributed by atoms with Gasteiger partial charge in [0.05, 0.1) is 6.33 Å². The molecular formula is C9H17N5. The van der Waals surface area contributed by atoms with Crippen LogP contribution in [0.1, 0.15) is 12.8 Å². The van der Waals surface area contributed by atoms with Gasteiger partial charge in [-0.2, -0.15) is 0 Å². The number of imidazole rings is 1. The summed E-state index contributed by atoms with van der Waals surface area (Å²) in [7, 11) is 0. The van der Waals surface area contributed by atoms with Gasteiger partial charge in [-0.05, 0) is 12.8 Å². The van der Waals surface area contributed by atoms with Gasteiger partial charge in [0.1, 0.15) is 0 Å². The molecule has 5 nitrogen and oxygen atoms in total. The van der Waals surface area contributed by atoms with Crippen molar-refractivity contribution in [3.05, 3.63) is 31.1 Å². The van der Waals surface area contributed by atoms with E-state index in [1.54, 1.807) is 18.6 Å². The van der Waals surface area contributed by atoms with Crippen LogP contribution in [0, 0.1) is 0 Å². The highest BCUT2D eigenvalue weighted by atomic mass is 15.2. The smallest absolute Gasteiger partial charge is 0.0945 e. The zero-order valence-electron chi connectivity index (χ0n) is 8.19. The Morgan fingerprint density at radius 2 is 2.29 bits per heavy atom. The number of nitrogens with zero attached hydrogens (tertiary/aromatic N) is 2. The van der Waals surface area contributed by atoms with Crippen molar-refractivity contribution in [2.45, 2.75) is 19.4 Å². The summed E-state index contributed by atoms with van der Waals surface area (Å²) in [5.74, 6) is 5.05. The second kappa shape index (κ2) is 6.97. The molecule has 0 aliphatic heterocycles. The van der Waals surface area contributed by atoms with Crippen LogP contribution in [0.4, 0.5) is 0 Å². The second-order valence-corrected chi connectivity index (χ2v) is 2.96. The topological polar surface area (TPSA) is 67.9 Å². The number of unbranched alkanes of at least 4 members (excludes halogenated alkanes) is 1. The number of rotatable bonds is 7. The average Bonchev–Trinajstić information content (AvgIpc) is 2.69. The highest BCUT2D eigenvalue weighted by Gasteiger charge is 1.89. The summed E-state index contributed by atoms with van der Waals surface area (Å²) in [6.45, 7) is 1.99. The van der Waals surface area contributed by atoms with E-state index in [-0.39, 0.29) is 0 Å². The van der Waals surface area contributed by atoms with Crippen LogP contribution in [-0.2, 0) is 6.54 Å². The van der Waals surface area contributed by atoms with Crippen molar-refractivity contribution in [1.82, 2.24) is 20.3 Å². The molecule has 0 aliphatic carbocycles. The molecule has 78 valence electrons. The lowest BCUT2D eigenvalue weighted by Crippen LogP contribution is -2.16. The van der Waals surface area contributed by atoms with Gasteiger partial charge in [0, 0.05) is 37.9 Å². The van der Waals surface area contributed by atoms with Crippen LogP contribution in [0.25, 0.3) is 0 Å². The first-order chi connectivity index (χ1) is 6.93. The Hall–Kier alpha value is -1.49. The Bertz CT molecular complexity index is 242. The molecule has 0 aliphatic rings. The van der Waals surface area contributed by atoms with Gasteiger partial charge in [0.2, 0.25) is 0 Å². The van der Waals surface area contributed by atoms with Crippen molar-refractivity contribution >= 4 is 0 Å². The van der Waals surface area contributed by atoms with Gasteiger partial charge >= 0.3 is 0 Å². The van der Waals surface area contributed by atoms with Gasteiger partial charge in [-0.1, -0.05) is 0 Å². The Morgan fingerprint density at radius 1 is 1.36 bits per heavy atom. The Balaban J connectivity index is 1.92. The fourth-order valence-corrected chi connectivity index (χ4v) is 1.13. The first-order valence-electron chi connectivity index (χ1n) is 4.74. The molecule has 0 spiro atoms. The maximum atomic E-state index is 5.05. The van der Waals surface area contributed by atoms with Crippen LogP contribution >= 0.6 is 0 Å². The zero-order valence-corrected chi connectivity index (χ0v) is 8.19. The van der Waals surface area contributed by atoms with E-state index in [0.29, 0.717) is 0 Å². The van der Waals surface area contributed by atoms with Crippen molar-refractivity contribution in [3.63, 3.8) is 0 Å². The van der Waals surface area contributed by atoms with E-state index in [2.05, 4.69) is 20.3 Å². The number of hydrazine groups is 1. The molecule has 0 atom stereocenters. The normalized spacial score (nSPS) is 10.6. The molecule has 1 rings (SSSR count). The van der Waals surface area contributed by atoms with Crippen molar-refractivity contribution in [2.24, 2.45) is 5.84 Å². The average molecular weight is 195 g/mol. The van der Waals surface area contributed by atoms with E-state index in [9.17, 15) is 0 Å². The number of aromatic nitrogens is 2. The highest BCUT2D eigenvalue weighted by molar-refractivity contribution is 4.75. The summed E-state index contributed by atoms with van der Waals surface area (Å²) in [4.78, 5) is 3.98. The molecule has 0 radical (unpaired) electrons. The van der Waals surface area contributed by atoms with Crippen LogP contribution < -0.4 is 16.6 Å². The molecule has 0 amide bonds. The largest absolute Gasteiger partial charge is 0.390 e. The second-order valence-electron chi connectivity index (χ2n) is 2.96. The van der Waals surface area contributed by atoms with Crippen molar-refractivity contribution in [3.8, 4) is 0 Å². The van der Waals surface area contributed by atoms with Crippen LogP contribution in [0.3, 0.4) is 0 Å². The predicted octanol–water partition coefficient (Wildman–Crippen LogP) is 0.187. The van der Waals surface area contributed by atoms with Crippen molar-refractivity contribution in [1.29, 1.82) is 0 Å². The fourth-order valence-electron chi connectivity index (χ4n) is 1.13. The van der Waals surface area contributed by atoms with Crippen LogP contribution in [0.15, 0.2) is 31.1 Å². The standard InChI is InChI=1S/C9H17N5/c10-13-5-4-11-3-1-2-7-14-8-6-12-9-14/h4-6,8-9,11,13H,1-3,7,10H2/b5-4-. The third kappa shape index (κ3) is 4.51. The molecule has 4 N–H and O–H groups in total. The molecule has 0 unspecified atom stereocenters. The zero-order chi connectivity index (χ0) is 10.1. The maximum Gasteiger partial charge on any atom is 0.0945 e. The number of hydrogen-bond donors (Lipinski definition) is 3. The van der Waals surface area contributed by atoms with Gasteiger partial charge in [0.15, 0.2) is 0 Å². The number of nitrogens with two attached hydrogens (primary N) is 1. The number of hydrogen-bond acceptors (Lipinski definition) is 4. The minimum atomic E-state index is 0.965. The minimum absolute atomic E-state index is 0.965. The molecule has 14 heavy (non-hydrogen) atoms. The molecule has 5 heteroatoms. The third-order valence-electron chi connectivity index (χ3n) is 1.84. The molecule has 0 bridgehead atoms. The van der Waals surface area contributed by atoms with E-state index in [4.69, 9.17) is 5.84 Å². The lowest BCUT2D eigenvalue weighted by molar-refractivity contribution is 0.597. The lowest BCUT2D eigenvalue weighted by Gasteiger charge is -2.02. The first-order valence-corrected chi connectivity index (χ1v) is 4.74. The van der Waals surface area contributed by atoms with Crippen LogP contribution in [-0.4, -0.2) is 16.1 Å². The van der Waals surface area contributed by atoms with Crippen molar-refractivity contribution < 1.29 is 0 Å². The fraction of sp³-hybridized carbons (Fsp3) is 0.444. The molecule has 0 aromatic carbocycles. The molecule has 1 aromatic rings. The van der Waals surface area contributed by atoms with Gasteiger partial charge in [-0.15, -0.1) is 0 Å². The van der Waals surface area contributed by atoms with Gasteiger partial charge in [-0.25, -0.2) is 4.98 Å². The van der Waals surface area contributed by atoms with E-state index in [0.717, 1.165) is 25.9 Å². The SMILES string of the molecule is NN/C=C\NCCCCn1ccnc1. The third-order valence-corrected chi connectivity index (χ3v) is 1.84. The molecule has 1 aromatic heterocycles. The van der Waals surface area contributed by atoms with Gasteiger partial charge < -0.3 is 15.3 Å². The molecule has 0 saturated heterocycles.